The Kier molecular flexibility index (Phi) is 3.49. The van der Waals surface area contributed by atoms with E-state index in [0.717, 1.165) is 30.2 Å². The van der Waals surface area contributed by atoms with Crippen LogP contribution in [0.25, 0.3) is 0 Å². The molecular weight excluding hydrogens is 280 g/mol. The first-order chi connectivity index (χ1) is 8.17. The number of carbonyl (C=O) groups is 1. The summed E-state index contributed by atoms with van der Waals surface area (Å²) >= 11 is 3.34. The maximum atomic E-state index is 12.1. The SMILES string of the molecule is N#CC1(NC(=O)c2ccccc2Br)CCCC1. The van der Waals surface area contributed by atoms with Crippen molar-refractivity contribution in [2.45, 2.75) is 31.2 Å². The van der Waals surface area contributed by atoms with Crippen LogP contribution in [0.5, 0.6) is 0 Å². The van der Waals surface area contributed by atoms with Crippen LogP contribution in [0.1, 0.15) is 36.0 Å². The second-order valence-corrected chi connectivity index (χ2v) is 5.19. The van der Waals surface area contributed by atoms with Crippen molar-refractivity contribution in [3.05, 3.63) is 34.3 Å². The molecule has 1 aliphatic carbocycles. The molecule has 17 heavy (non-hydrogen) atoms. The summed E-state index contributed by atoms with van der Waals surface area (Å²) in [7, 11) is 0. The van der Waals surface area contributed by atoms with Gasteiger partial charge < -0.3 is 5.32 Å². The van der Waals surface area contributed by atoms with Gasteiger partial charge in [0.05, 0.1) is 11.6 Å². The third kappa shape index (κ3) is 2.50. The third-order valence-electron chi connectivity index (χ3n) is 3.14. The highest BCUT2D eigenvalue weighted by molar-refractivity contribution is 9.10. The second-order valence-electron chi connectivity index (χ2n) is 4.33. The number of amides is 1. The number of carbonyl (C=O) groups excluding carboxylic acids is 1. The van der Waals surface area contributed by atoms with Crippen molar-refractivity contribution >= 4 is 21.8 Å². The van der Waals surface area contributed by atoms with E-state index in [-0.39, 0.29) is 5.91 Å². The first kappa shape index (κ1) is 12.1. The first-order valence-electron chi connectivity index (χ1n) is 5.65. The van der Waals surface area contributed by atoms with Gasteiger partial charge in [0.2, 0.25) is 0 Å². The fourth-order valence-electron chi connectivity index (χ4n) is 2.17. The monoisotopic (exact) mass is 292 g/mol. The molecule has 1 aromatic rings. The number of nitriles is 1. The van der Waals surface area contributed by atoms with Crippen LogP contribution < -0.4 is 5.32 Å². The van der Waals surface area contributed by atoms with Gasteiger partial charge in [0, 0.05) is 4.47 Å². The number of nitrogens with one attached hydrogen (secondary N) is 1. The largest absolute Gasteiger partial charge is 0.334 e. The molecule has 0 aliphatic heterocycles. The van der Waals surface area contributed by atoms with Gasteiger partial charge in [-0.25, -0.2) is 0 Å². The molecule has 0 heterocycles. The minimum Gasteiger partial charge on any atom is -0.334 e. The van der Waals surface area contributed by atoms with Crippen LogP contribution in [0.4, 0.5) is 0 Å². The average molecular weight is 293 g/mol. The van der Waals surface area contributed by atoms with Crippen molar-refractivity contribution < 1.29 is 4.79 Å². The van der Waals surface area contributed by atoms with E-state index in [9.17, 15) is 10.1 Å². The Labute approximate surface area is 109 Å². The lowest BCUT2D eigenvalue weighted by Gasteiger charge is -2.22. The summed E-state index contributed by atoms with van der Waals surface area (Å²) in [4.78, 5) is 12.1. The summed E-state index contributed by atoms with van der Waals surface area (Å²) in [6, 6.07) is 9.49. The molecule has 0 spiro atoms. The molecule has 1 fully saturated rings. The number of rotatable bonds is 2. The standard InChI is InChI=1S/C13H13BrN2O/c14-11-6-2-1-5-10(11)12(17)16-13(9-15)7-3-4-8-13/h1-2,5-6H,3-4,7-8H2,(H,16,17). The zero-order valence-corrected chi connectivity index (χ0v) is 11.0. The summed E-state index contributed by atoms with van der Waals surface area (Å²) in [6.07, 6.45) is 3.51. The summed E-state index contributed by atoms with van der Waals surface area (Å²) in [5, 5.41) is 12.1. The van der Waals surface area contributed by atoms with E-state index in [1.165, 1.54) is 0 Å². The molecule has 1 saturated carbocycles. The normalized spacial score (nSPS) is 17.4. The molecule has 1 aromatic carbocycles. The minimum absolute atomic E-state index is 0.180. The number of halogens is 1. The fourth-order valence-corrected chi connectivity index (χ4v) is 2.64. The quantitative estimate of drug-likeness (QED) is 0.911. The summed E-state index contributed by atoms with van der Waals surface area (Å²) in [5.74, 6) is -0.180. The second kappa shape index (κ2) is 4.89. The van der Waals surface area contributed by atoms with E-state index in [2.05, 4.69) is 27.3 Å². The molecule has 4 heteroatoms. The summed E-state index contributed by atoms with van der Waals surface area (Å²) in [5.41, 5.74) is -0.0826. The van der Waals surface area contributed by atoms with Crippen LogP contribution in [-0.2, 0) is 0 Å². The summed E-state index contributed by atoms with van der Waals surface area (Å²) < 4.78 is 0.753. The predicted molar refractivity (Wildman–Crippen MR) is 68.4 cm³/mol. The van der Waals surface area contributed by atoms with Crippen LogP contribution in [0, 0.1) is 11.3 Å². The zero-order valence-electron chi connectivity index (χ0n) is 9.37. The minimum atomic E-state index is -0.660. The van der Waals surface area contributed by atoms with Gasteiger partial charge in [0.15, 0.2) is 0 Å². The number of hydrogen-bond acceptors (Lipinski definition) is 2. The lowest BCUT2D eigenvalue weighted by atomic mass is 9.99. The lowest BCUT2D eigenvalue weighted by molar-refractivity contribution is 0.0920. The van der Waals surface area contributed by atoms with Gasteiger partial charge in [0.25, 0.3) is 5.91 Å². The lowest BCUT2D eigenvalue weighted by Crippen LogP contribution is -2.45. The Bertz CT molecular complexity index is 473. The molecule has 1 N–H and O–H groups in total. The van der Waals surface area contributed by atoms with E-state index < -0.39 is 5.54 Å². The van der Waals surface area contributed by atoms with Crippen molar-refractivity contribution in [3.8, 4) is 6.07 Å². The molecule has 0 aromatic heterocycles. The number of benzene rings is 1. The van der Waals surface area contributed by atoms with Crippen LogP contribution in [0.15, 0.2) is 28.7 Å². The molecule has 1 aliphatic rings. The van der Waals surface area contributed by atoms with Gasteiger partial charge in [-0.3, -0.25) is 4.79 Å². The zero-order chi connectivity index (χ0) is 12.3. The van der Waals surface area contributed by atoms with Gasteiger partial charge in [-0.15, -0.1) is 0 Å². The molecule has 0 radical (unpaired) electrons. The van der Waals surface area contributed by atoms with Gasteiger partial charge >= 0.3 is 0 Å². The third-order valence-corrected chi connectivity index (χ3v) is 3.83. The van der Waals surface area contributed by atoms with Crippen molar-refractivity contribution in [1.29, 1.82) is 5.26 Å². The molecular formula is C13H13BrN2O. The first-order valence-corrected chi connectivity index (χ1v) is 6.44. The molecule has 0 unspecified atom stereocenters. The van der Waals surface area contributed by atoms with E-state index in [0.29, 0.717) is 5.56 Å². The Hall–Kier alpha value is -1.34. The number of nitrogens with zero attached hydrogens (tertiary/aromatic N) is 1. The summed E-state index contributed by atoms with van der Waals surface area (Å²) in [6.45, 7) is 0. The van der Waals surface area contributed by atoms with E-state index in [1.807, 2.05) is 18.2 Å². The topological polar surface area (TPSA) is 52.9 Å². The van der Waals surface area contributed by atoms with Crippen molar-refractivity contribution in [1.82, 2.24) is 5.32 Å². The van der Waals surface area contributed by atoms with Crippen molar-refractivity contribution in [2.75, 3.05) is 0 Å². The van der Waals surface area contributed by atoms with Crippen LogP contribution in [-0.4, -0.2) is 11.4 Å². The molecule has 2 rings (SSSR count). The molecule has 0 atom stereocenters. The Morgan fingerprint density at radius 3 is 2.59 bits per heavy atom. The van der Waals surface area contributed by atoms with Gasteiger partial charge in [-0.2, -0.15) is 5.26 Å². The highest BCUT2D eigenvalue weighted by Crippen LogP contribution is 2.29. The van der Waals surface area contributed by atoms with E-state index in [4.69, 9.17) is 0 Å². The average Bonchev–Trinajstić information content (AvgIpc) is 2.79. The van der Waals surface area contributed by atoms with E-state index >= 15 is 0 Å². The van der Waals surface area contributed by atoms with Crippen LogP contribution in [0.2, 0.25) is 0 Å². The Balaban J connectivity index is 2.17. The van der Waals surface area contributed by atoms with Gasteiger partial charge in [0.1, 0.15) is 5.54 Å². The maximum Gasteiger partial charge on any atom is 0.253 e. The van der Waals surface area contributed by atoms with E-state index in [1.54, 1.807) is 6.07 Å². The smallest absolute Gasteiger partial charge is 0.253 e. The molecule has 88 valence electrons. The molecule has 0 saturated heterocycles. The molecule has 3 nitrogen and oxygen atoms in total. The Morgan fingerprint density at radius 1 is 1.35 bits per heavy atom. The van der Waals surface area contributed by atoms with Gasteiger partial charge in [-0.05, 0) is 53.7 Å². The highest BCUT2D eigenvalue weighted by atomic mass is 79.9. The Morgan fingerprint density at radius 2 is 2.00 bits per heavy atom. The van der Waals surface area contributed by atoms with Crippen molar-refractivity contribution in [3.63, 3.8) is 0 Å². The number of hydrogen-bond donors (Lipinski definition) is 1. The highest BCUT2D eigenvalue weighted by Gasteiger charge is 2.35. The molecule has 0 bridgehead atoms. The van der Waals surface area contributed by atoms with Crippen LogP contribution in [0.3, 0.4) is 0 Å². The van der Waals surface area contributed by atoms with Crippen LogP contribution >= 0.6 is 15.9 Å². The maximum absolute atomic E-state index is 12.1. The predicted octanol–water partition coefficient (Wildman–Crippen LogP) is 3.02. The van der Waals surface area contributed by atoms with Gasteiger partial charge in [-0.1, -0.05) is 12.1 Å². The van der Waals surface area contributed by atoms with Crippen molar-refractivity contribution in [2.24, 2.45) is 0 Å². The fraction of sp³-hybridized carbons (Fsp3) is 0.385. The molecule has 1 amide bonds.